The fourth-order valence-corrected chi connectivity index (χ4v) is 12.6. The Morgan fingerprint density at radius 2 is 0.765 bits per heavy atom. The van der Waals surface area contributed by atoms with Gasteiger partial charge in [0.05, 0.1) is 26.4 Å². The van der Waals surface area contributed by atoms with Gasteiger partial charge in [0.15, 0.2) is 0 Å². The molecular weight excluding hydrogens is 883 g/mol. The maximum absolute atomic E-state index is 2.56. The molecule has 338 valence electrons. The van der Waals surface area contributed by atoms with E-state index in [4.69, 9.17) is 0 Å². The summed E-state index contributed by atoms with van der Waals surface area (Å²) in [7, 11) is 0. The van der Waals surface area contributed by atoms with Crippen LogP contribution in [0.1, 0.15) is 101 Å². The zero-order valence-corrected chi connectivity index (χ0v) is 42.6. The highest BCUT2D eigenvalue weighted by molar-refractivity contribution is 7.15. The molecule has 0 N–H and O–H groups in total. The van der Waals surface area contributed by atoms with Crippen LogP contribution in [0.5, 0.6) is 0 Å². The first-order valence-electron chi connectivity index (χ1n) is 24.0. The highest BCUT2D eigenvalue weighted by Crippen LogP contribution is 2.57. The van der Waals surface area contributed by atoms with E-state index in [1.165, 1.54) is 86.9 Å². The van der Waals surface area contributed by atoms with Gasteiger partial charge in [-0.3, -0.25) is 0 Å². The molecule has 1 aliphatic rings. The molecule has 68 heavy (non-hydrogen) atoms. The SMILES string of the molecule is CC(C)c1ccc(N(c2ccc3c(N(c4ccc(C(C)C)cc4)c4cccs4)c4cc5c(cc4c(N(c4ccc(C(C)C)cc4)c4cccs4)c3c2)-c2ccccc2C5(C)C)c2cccs2)cc1. The van der Waals surface area contributed by atoms with Crippen molar-refractivity contribution in [3.05, 3.63) is 208 Å². The van der Waals surface area contributed by atoms with Gasteiger partial charge in [-0.2, -0.15) is 0 Å². The molecular formula is C62H57N3S3. The van der Waals surface area contributed by atoms with Crippen LogP contribution in [0, 0.1) is 0 Å². The number of fused-ring (bicyclic) bond motifs is 5. The minimum Gasteiger partial charge on any atom is -0.302 e. The van der Waals surface area contributed by atoms with Gasteiger partial charge in [0.1, 0.15) is 0 Å². The van der Waals surface area contributed by atoms with Crippen LogP contribution in [-0.2, 0) is 5.41 Å². The van der Waals surface area contributed by atoms with Crippen molar-refractivity contribution in [2.45, 2.75) is 78.6 Å². The van der Waals surface area contributed by atoms with E-state index in [9.17, 15) is 0 Å². The largest absolute Gasteiger partial charge is 0.302 e. The van der Waals surface area contributed by atoms with Crippen LogP contribution >= 0.6 is 34.0 Å². The third kappa shape index (κ3) is 7.54. The molecule has 3 heterocycles. The molecule has 3 aromatic heterocycles. The molecule has 0 amide bonds. The summed E-state index contributed by atoms with van der Waals surface area (Å²) in [5.41, 5.74) is 16.0. The summed E-state index contributed by atoms with van der Waals surface area (Å²) in [4.78, 5) is 7.53. The van der Waals surface area contributed by atoms with Gasteiger partial charge in [-0.05, 0) is 170 Å². The molecule has 6 heteroatoms. The molecule has 0 atom stereocenters. The van der Waals surface area contributed by atoms with E-state index >= 15 is 0 Å². The van der Waals surface area contributed by atoms with E-state index in [2.05, 4.69) is 250 Å². The van der Waals surface area contributed by atoms with E-state index in [0.717, 1.165) is 22.7 Å². The lowest BCUT2D eigenvalue weighted by atomic mass is 9.81. The highest BCUT2D eigenvalue weighted by Gasteiger charge is 2.37. The number of thiophene rings is 3. The number of hydrogen-bond donors (Lipinski definition) is 0. The lowest BCUT2D eigenvalue weighted by molar-refractivity contribution is 0.661. The first kappa shape index (κ1) is 44.1. The maximum Gasteiger partial charge on any atom is 0.0999 e. The standard InChI is InChI=1S/C62H57N3S3/c1-39(2)42-19-25-45(26-20-42)63(57-16-11-33-66-57)48-31-32-50-52(36-48)61(65(59-18-13-35-68-59)47-29-23-44(24-30-47)41(5)6)53-37-51-49-14-9-10-15-55(49)62(7,8)56(51)38-54(53)60(50)64(58-17-12-34-67-58)46-27-21-43(22-28-46)40(3)4/h9-41H,1-8H3. The first-order valence-corrected chi connectivity index (χ1v) is 26.6. The summed E-state index contributed by atoms with van der Waals surface area (Å²) in [5, 5.41) is 14.9. The molecule has 11 rings (SSSR count). The van der Waals surface area contributed by atoms with Crippen LogP contribution in [0.15, 0.2) is 180 Å². The Bertz CT molecular complexity index is 3380. The summed E-state index contributed by atoms with van der Waals surface area (Å²) in [6, 6.07) is 62.5. The maximum atomic E-state index is 2.56. The van der Waals surface area contributed by atoms with Gasteiger partial charge < -0.3 is 14.7 Å². The van der Waals surface area contributed by atoms with Crippen LogP contribution in [0.4, 0.5) is 49.1 Å². The Labute approximate surface area is 414 Å². The molecule has 0 saturated carbocycles. The van der Waals surface area contributed by atoms with E-state index in [0.29, 0.717) is 17.8 Å². The average molecular weight is 940 g/mol. The molecule has 0 saturated heterocycles. The van der Waals surface area contributed by atoms with Crippen molar-refractivity contribution in [1.82, 2.24) is 0 Å². The average Bonchev–Trinajstić information content (AvgIpc) is 4.21. The van der Waals surface area contributed by atoms with Crippen molar-refractivity contribution < 1.29 is 0 Å². The van der Waals surface area contributed by atoms with Crippen molar-refractivity contribution in [3.8, 4) is 11.1 Å². The first-order chi connectivity index (χ1) is 33.0. The smallest absolute Gasteiger partial charge is 0.0999 e. The summed E-state index contributed by atoms with van der Waals surface area (Å²) in [6.45, 7) is 18.4. The quantitative estimate of drug-likeness (QED) is 0.0893. The fraction of sp³-hybridized carbons (Fsp3) is 0.194. The van der Waals surface area contributed by atoms with Gasteiger partial charge >= 0.3 is 0 Å². The second-order valence-corrected chi connectivity index (χ2v) is 22.4. The predicted octanol–water partition coefficient (Wildman–Crippen LogP) is 20.3. The summed E-state index contributed by atoms with van der Waals surface area (Å²) in [5.74, 6) is 1.29. The summed E-state index contributed by atoms with van der Waals surface area (Å²) < 4.78 is 0. The van der Waals surface area contributed by atoms with Gasteiger partial charge in [-0.15, -0.1) is 34.0 Å². The number of hydrogen-bond acceptors (Lipinski definition) is 6. The molecule has 0 aliphatic heterocycles. The second-order valence-electron chi connectivity index (χ2n) is 19.6. The van der Waals surface area contributed by atoms with Crippen molar-refractivity contribution >= 4 is 105 Å². The topological polar surface area (TPSA) is 9.72 Å². The highest BCUT2D eigenvalue weighted by atomic mass is 32.1. The summed E-state index contributed by atoms with van der Waals surface area (Å²) in [6.07, 6.45) is 0. The van der Waals surface area contributed by atoms with Crippen LogP contribution in [0.2, 0.25) is 0 Å². The van der Waals surface area contributed by atoms with Crippen molar-refractivity contribution in [1.29, 1.82) is 0 Å². The fourth-order valence-electron chi connectivity index (χ4n) is 10.3. The van der Waals surface area contributed by atoms with Crippen molar-refractivity contribution in [3.63, 3.8) is 0 Å². The van der Waals surface area contributed by atoms with Gasteiger partial charge in [0.25, 0.3) is 0 Å². The van der Waals surface area contributed by atoms with Gasteiger partial charge in [0.2, 0.25) is 0 Å². The minimum atomic E-state index is -0.199. The Hall–Kier alpha value is -6.44. The van der Waals surface area contributed by atoms with Crippen LogP contribution in [0.3, 0.4) is 0 Å². The molecule has 10 aromatic rings. The zero-order valence-electron chi connectivity index (χ0n) is 40.1. The van der Waals surface area contributed by atoms with Crippen LogP contribution in [-0.4, -0.2) is 0 Å². The number of rotatable bonds is 12. The summed E-state index contributed by atoms with van der Waals surface area (Å²) >= 11 is 5.35. The van der Waals surface area contributed by atoms with E-state index in [1.54, 1.807) is 34.0 Å². The molecule has 1 aliphatic carbocycles. The third-order valence-corrected chi connectivity index (χ3v) is 16.6. The molecule has 0 radical (unpaired) electrons. The Kier molecular flexibility index (Phi) is 11.4. The van der Waals surface area contributed by atoms with E-state index < -0.39 is 0 Å². The van der Waals surface area contributed by atoms with Gasteiger partial charge in [-0.1, -0.05) is 122 Å². The molecule has 3 nitrogen and oxygen atoms in total. The van der Waals surface area contributed by atoms with E-state index in [-0.39, 0.29) is 5.41 Å². The second kappa shape index (κ2) is 17.6. The van der Waals surface area contributed by atoms with Crippen LogP contribution < -0.4 is 14.7 Å². The number of benzene rings is 7. The third-order valence-electron chi connectivity index (χ3n) is 14.1. The van der Waals surface area contributed by atoms with Gasteiger partial charge in [-0.25, -0.2) is 0 Å². The van der Waals surface area contributed by atoms with Gasteiger partial charge in [0, 0.05) is 49.7 Å². The molecule has 0 fully saturated rings. The molecule has 0 spiro atoms. The minimum absolute atomic E-state index is 0.199. The number of anilines is 9. The Morgan fingerprint density at radius 3 is 1.24 bits per heavy atom. The molecule has 0 unspecified atom stereocenters. The monoisotopic (exact) mass is 939 g/mol. The molecule has 7 aromatic carbocycles. The van der Waals surface area contributed by atoms with Crippen molar-refractivity contribution in [2.75, 3.05) is 14.7 Å². The lowest BCUT2D eigenvalue weighted by Crippen LogP contribution is -2.16. The normalized spacial score (nSPS) is 12.9. The molecule has 0 bridgehead atoms. The predicted molar refractivity (Wildman–Crippen MR) is 299 cm³/mol. The zero-order chi connectivity index (χ0) is 46.8. The van der Waals surface area contributed by atoms with Crippen molar-refractivity contribution in [2.24, 2.45) is 0 Å². The van der Waals surface area contributed by atoms with E-state index in [1.807, 2.05) is 0 Å². The van der Waals surface area contributed by atoms with Crippen LogP contribution in [0.25, 0.3) is 32.7 Å². The number of nitrogens with zero attached hydrogens (tertiary/aromatic N) is 3. The lowest BCUT2D eigenvalue weighted by Gasteiger charge is -2.33. The Balaban J connectivity index is 1.31. The Morgan fingerprint density at radius 1 is 0.353 bits per heavy atom.